The van der Waals surface area contributed by atoms with Crippen LogP contribution in [0.1, 0.15) is 18.9 Å². The first-order valence-corrected chi connectivity index (χ1v) is 11.1. The largest absolute Gasteiger partial charge is 0.494 e. The number of anilines is 2. The van der Waals surface area contributed by atoms with E-state index in [4.69, 9.17) is 14.2 Å². The lowest BCUT2D eigenvalue weighted by molar-refractivity contribution is -0.122. The maximum atomic E-state index is 12.9. The van der Waals surface area contributed by atoms with Crippen LogP contribution >= 0.6 is 0 Å². The van der Waals surface area contributed by atoms with Crippen LogP contribution < -0.4 is 24.4 Å². The van der Waals surface area contributed by atoms with Crippen LogP contribution in [-0.4, -0.2) is 37.1 Å². The third-order valence-electron chi connectivity index (χ3n) is 5.50. The van der Waals surface area contributed by atoms with E-state index >= 15 is 0 Å². The molecular weight excluding hydrogens is 434 g/mol. The fraction of sp³-hybridized carbons (Fsp3) is 0.269. The van der Waals surface area contributed by atoms with Crippen molar-refractivity contribution in [1.29, 1.82) is 0 Å². The second-order valence-corrected chi connectivity index (χ2v) is 7.84. The Morgan fingerprint density at radius 1 is 1.12 bits per heavy atom. The molecule has 1 atom stereocenters. The molecule has 0 bridgehead atoms. The van der Waals surface area contributed by atoms with Crippen LogP contribution in [0.3, 0.4) is 0 Å². The molecule has 2 heterocycles. The molecular formula is C26H27N3O5. The van der Waals surface area contributed by atoms with Gasteiger partial charge in [0.1, 0.15) is 12.4 Å². The van der Waals surface area contributed by atoms with Crippen molar-refractivity contribution >= 4 is 23.2 Å². The normalized spacial score (nSPS) is 15.2. The van der Waals surface area contributed by atoms with E-state index < -0.39 is 5.92 Å². The molecule has 34 heavy (non-hydrogen) atoms. The molecule has 3 aromatic rings. The summed E-state index contributed by atoms with van der Waals surface area (Å²) in [7, 11) is 1.56. The summed E-state index contributed by atoms with van der Waals surface area (Å²) in [5, 5.41) is 2.91. The lowest BCUT2D eigenvalue weighted by atomic mass is 10.1. The molecule has 1 unspecified atom stereocenters. The molecule has 1 fully saturated rings. The monoisotopic (exact) mass is 461 g/mol. The van der Waals surface area contributed by atoms with Crippen molar-refractivity contribution in [3.05, 3.63) is 72.6 Å². The van der Waals surface area contributed by atoms with E-state index in [1.54, 1.807) is 42.6 Å². The van der Waals surface area contributed by atoms with Gasteiger partial charge in [0.05, 0.1) is 19.6 Å². The topological polar surface area (TPSA) is 90.0 Å². The van der Waals surface area contributed by atoms with Crippen LogP contribution in [0.15, 0.2) is 67.0 Å². The van der Waals surface area contributed by atoms with E-state index in [-0.39, 0.29) is 18.2 Å². The van der Waals surface area contributed by atoms with Crippen LogP contribution in [0, 0.1) is 5.92 Å². The zero-order valence-electron chi connectivity index (χ0n) is 19.2. The average molecular weight is 462 g/mol. The number of methoxy groups -OCH3 is 1. The van der Waals surface area contributed by atoms with E-state index in [9.17, 15) is 9.59 Å². The molecule has 1 aliphatic heterocycles. The summed E-state index contributed by atoms with van der Waals surface area (Å²) in [4.78, 5) is 31.2. The average Bonchev–Trinajstić information content (AvgIpc) is 3.26. The maximum Gasteiger partial charge on any atom is 0.229 e. The van der Waals surface area contributed by atoms with Crippen molar-refractivity contribution in [1.82, 2.24) is 4.98 Å². The van der Waals surface area contributed by atoms with Gasteiger partial charge in [-0.15, -0.1) is 0 Å². The van der Waals surface area contributed by atoms with E-state index in [0.717, 1.165) is 17.0 Å². The molecule has 2 amide bonds. The van der Waals surface area contributed by atoms with Crippen molar-refractivity contribution < 1.29 is 23.8 Å². The first-order valence-electron chi connectivity index (χ1n) is 11.1. The summed E-state index contributed by atoms with van der Waals surface area (Å²) in [6.07, 6.45) is 3.58. The van der Waals surface area contributed by atoms with Crippen LogP contribution in [0.5, 0.6) is 17.2 Å². The van der Waals surface area contributed by atoms with Crippen LogP contribution in [0.4, 0.5) is 11.4 Å². The lowest BCUT2D eigenvalue weighted by Gasteiger charge is -2.17. The third kappa shape index (κ3) is 5.46. The molecule has 1 aromatic heterocycles. The number of carbonyl (C=O) groups is 2. The maximum absolute atomic E-state index is 12.9. The lowest BCUT2D eigenvalue weighted by Crippen LogP contribution is -2.28. The number of benzene rings is 2. The van der Waals surface area contributed by atoms with E-state index in [1.807, 2.05) is 43.3 Å². The number of carbonyl (C=O) groups excluding carboxylic acids is 2. The molecule has 8 heteroatoms. The van der Waals surface area contributed by atoms with Crippen molar-refractivity contribution in [2.45, 2.75) is 20.0 Å². The van der Waals surface area contributed by atoms with Gasteiger partial charge in [-0.25, -0.2) is 0 Å². The minimum Gasteiger partial charge on any atom is -0.494 e. The van der Waals surface area contributed by atoms with Crippen molar-refractivity contribution in [3.63, 3.8) is 0 Å². The van der Waals surface area contributed by atoms with E-state index in [0.29, 0.717) is 36.9 Å². The minimum absolute atomic E-state index is 0.0838. The van der Waals surface area contributed by atoms with Gasteiger partial charge in [-0.05, 0) is 49.4 Å². The quantitative estimate of drug-likeness (QED) is 0.517. The Morgan fingerprint density at radius 2 is 1.94 bits per heavy atom. The van der Waals surface area contributed by atoms with Crippen LogP contribution in [-0.2, 0) is 16.2 Å². The Balaban J connectivity index is 1.40. The molecule has 2 aromatic carbocycles. The predicted octanol–water partition coefficient (Wildman–Crippen LogP) is 4.06. The van der Waals surface area contributed by atoms with Gasteiger partial charge in [-0.3, -0.25) is 14.6 Å². The highest BCUT2D eigenvalue weighted by Gasteiger charge is 2.35. The summed E-state index contributed by atoms with van der Waals surface area (Å²) in [6, 6.07) is 16.3. The number of pyridine rings is 1. The number of ether oxygens (including phenoxy) is 3. The Bertz CT molecular complexity index is 1130. The summed E-state index contributed by atoms with van der Waals surface area (Å²) in [6.45, 7) is 3.13. The number of aromatic nitrogens is 1. The van der Waals surface area contributed by atoms with Gasteiger partial charge >= 0.3 is 0 Å². The molecule has 1 N–H and O–H groups in total. The van der Waals surface area contributed by atoms with Crippen LogP contribution in [0.2, 0.25) is 0 Å². The van der Waals surface area contributed by atoms with E-state index in [2.05, 4.69) is 10.3 Å². The summed E-state index contributed by atoms with van der Waals surface area (Å²) in [5.41, 5.74) is 2.23. The summed E-state index contributed by atoms with van der Waals surface area (Å²) >= 11 is 0. The van der Waals surface area contributed by atoms with Gasteiger partial charge in [0, 0.05) is 48.4 Å². The zero-order chi connectivity index (χ0) is 23.9. The summed E-state index contributed by atoms with van der Waals surface area (Å²) in [5.74, 6) is 1.04. The molecule has 176 valence electrons. The Kier molecular flexibility index (Phi) is 7.27. The molecule has 0 saturated carbocycles. The smallest absolute Gasteiger partial charge is 0.229 e. The first kappa shape index (κ1) is 23.1. The van der Waals surface area contributed by atoms with Gasteiger partial charge in [0.2, 0.25) is 11.8 Å². The number of rotatable bonds is 9. The SMILES string of the molecule is CCOc1ccc(N2CC(C(=O)Nc3ccc(OC)c(OCc4cccnc4)c3)CC2=O)cc1. The molecule has 0 radical (unpaired) electrons. The van der Waals surface area contributed by atoms with Gasteiger partial charge in [0.15, 0.2) is 11.5 Å². The Morgan fingerprint density at radius 3 is 2.65 bits per heavy atom. The third-order valence-corrected chi connectivity index (χ3v) is 5.50. The van der Waals surface area contributed by atoms with Gasteiger partial charge in [-0.1, -0.05) is 6.07 Å². The number of amides is 2. The van der Waals surface area contributed by atoms with Crippen LogP contribution in [0.25, 0.3) is 0 Å². The van der Waals surface area contributed by atoms with E-state index in [1.165, 1.54) is 0 Å². The van der Waals surface area contributed by atoms with Crippen molar-refractivity contribution in [2.75, 3.05) is 30.5 Å². The molecule has 1 saturated heterocycles. The van der Waals surface area contributed by atoms with Crippen molar-refractivity contribution in [2.24, 2.45) is 5.92 Å². The summed E-state index contributed by atoms with van der Waals surface area (Å²) < 4.78 is 16.7. The number of hydrogen-bond donors (Lipinski definition) is 1. The predicted molar refractivity (Wildman–Crippen MR) is 128 cm³/mol. The fourth-order valence-corrected chi connectivity index (χ4v) is 3.78. The molecule has 1 aliphatic rings. The highest BCUT2D eigenvalue weighted by molar-refractivity contribution is 6.03. The number of nitrogens with zero attached hydrogens (tertiary/aromatic N) is 2. The second-order valence-electron chi connectivity index (χ2n) is 7.84. The van der Waals surface area contributed by atoms with Gasteiger partial charge in [-0.2, -0.15) is 0 Å². The molecule has 0 aliphatic carbocycles. The highest BCUT2D eigenvalue weighted by atomic mass is 16.5. The van der Waals surface area contributed by atoms with Gasteiger partial charge < -0.3 is 24.4 Å². The molecule has 0 spiro atoms. The number of hydrogen-bond acceptors (Lipinski definition) is 6. The standard InChI is InChI=1S/C26H27N3O5/c1-3-33-22-9-7-21(8-10-22)29-16-19(13-25(29)30)26(31)28-20-6-11-23(32-2)24(14-20)34-17-18-5-4-12-27-15-18/h4-12,14-15,19H,3,13,16-17H2,1-2H3,(H,28,31). The molecule has 8 nitrogen and oxygen atoms in total. The highest BCUT2D eigenvalue weighted by Crippen LogP contribution is 2.32. The molecule has 4 rings (SSSR count). The Hall–Kier alpha value is -4.07. The zero-order valence-corrected chi connectivity index (χ0v) is 19.2. The fourth-order valence-electron chi connectivity index (χ4n) is 3.78. The van der Waals surface area contributed by atoms with Gasteiger partial charge in [0.25, 0.3) is 0 Å². The van der Waals surface area contributed by atoms with Crippen molar-refractivity contribution in [3.8, 4) is 17.2 Å². The minimum atomic E-state index is -0.457. The second kappa shape index (κ2) is 10.7. The number of nitrogens with one attached hydrogen (secondary N) is 1. The first-order chi connectivity index (χ1) is 16.6. The Labute approximate surface area is 198 Å².